The van der Waals surface area contributed by atoms with Gasteiger partial charge in [-0.1, -0.05) is 18.2 Å². The zero-order chi connectivity index (χ0) is 17.4. The summed E-state index contributed by atoms with van der Waals surface area (Å²) in [6.45, 7) is 2.92. The number of benzene rings is 1. The molecule has 2 aromatic rings. The van der Waals surface area contributed by atoms with E-state index >= 15 is 0 Å². The highest BCUT2D eigenvalue weighted by molar-refractivity contribution is 5.78. The average molecular weight is 331 g/mol. The maximum absolute atomic E-state index is 13.0. The summed E-state index contributed by atoms with van der Waals surface area (Å²) in [6.07, 6.45) is 3.43. The van der Waals surface area contributed by atoms with Crippen molar-refractivity contribution in [1.29, 1.82) is 0 Å². The molecule has 0 spiro atoms. The van der Waals surface area contributed by atoms with E-state index in [0.717, 1.165) is 11.1 Å². The molecule has 1 atom stereocenters. The lowest BCUT2D eigenvalue weighted by Crippen LogP contribution is -2.39. The van der Waals surface area contributed by atoms with Gasteiger partial charge in [-0.05, 0) is 36.2 Å². The minimum Gasteiger partial charge on any atom is -0.395 e. The molecule has 0 aliphatic carbocycles. The van der Waals surface area contributed by atoms with Gasteiger partial charge in [0.05, 0.1) is 19.2 Å². The van der Waals surface area contributed by atoms with Gasteiger partial charge < -0.3 is 10.4 Å². The average Bonchev–Trinajstić information content (AvgIpc) is 2.56. The largest absolute Gasteiger partial charge is 0.395 e. The lowest BCUT2D eigenvalue weighted by atomic mass is 10.1. The zero-order valence-corrected chi connectivity index (χ0v) is 13.7. The second-order valence-corrected chi connectivity index (χ2v) is 5.64. The number of halogens is 1. The minimum absolute atomic E-state index is 0.0267. The highest BCUT2D eigenvalue weighted by Gasteiger charge is 2.14. The quantitative estimate of drug-likeness (QED) is 0.775. The molecule has 0 radical (unpaired) electrons. The number of rotatable bonds is 8. The van der Waals surface area contributed by atoms with Crippen LogP contribution in [0.25, 0.3) is 0 Å². The van der Waals surface area contributed by atoms with E-state index in [-0.39, 0.29) is 30.9 Å². The molecule has 128 valence electrons. The van der Waals surface area contributed by atoms with Crippen LogP contribution in [0.3, 0.4) is 0 Å². The number of carbonyl (C=O) groups is 1. The second kappa shape index (κ2) is 9.10. The molecular weight excluding hydrogens is 309 g/mol. The Morgan fingerprint density at radius 3 is 2.71 bits per heavy atom. The monoisotopic (exact) mass is 331 g/mol. The predicted octanol–water partition coefficient (Wildman–Crippen LogP) is 1.89. The number of aliphatic hydroxyl groups is 1. The maximum atomic E-state index is 13.0. The van der Waals surface area contributed by atoms with Crippen molar-refractivity contribution in [3.8, 4) is 0 Å². The third-order valence-corrected chi connectivity index (χ3v) is 3.66. The van der Waals surface area contributed by atoms with E-state index in [0.29, 0.717) is 13.1 Å². The van der Waals surface area contributed by atoms with Gasteiger partial charge >= 0.3 is 0 Å². The smallest absolute Gasteiger partial charge is 0.234 e. The molecule has 0 saturated carbocycles. The van der Waals surface area contributed by atoms with Crippen LogP contribution in [0.15, 0.2) is 48.8 Å². The Labute approximate surface area is 141 Å². The molecule has 24 heavy (non-hydrogen) atoms. The molecule has 2 N–H and O–H groups in total. The van der Waals surface area contributed by atoms with Crippen molar-refractivity contribution < 1.29 is 14.3 Å². The highest BCUT2D eigenvalue weighted by Crippen LogP contribution is 2.12. The first-order valence-corrected chi connectivity index (χ1v) is 7.85. The second-order valence-electron chi connectivity index (χ2n) is 5.64. The topological polar surface area (TPSA) is 65.5 Å². The van der Waals surface area contributed by atoms with Gasteiger partial charge in [0, 0.05) is 25.5 Å². The molecule has 0 bridgehead atoms. The van der Waals surface area contributed by atoms with Crippen LogP contribution < -0.4 is 5.32 Å². The Balaban J connectivity index is 1.91. The van der Waals surface area contributed by atoms with Crippen LogP contribution in [0.2, 0.25) is 0 Å². The summed E-state index contributed by atoms with van der Waals surface area (Å²) in [5.74, 6) is -0.452. The number of nitrogens with zero attached hydrogens (tertiary/aromatic N) is 2. The number of hydrogen-bond donors (Lipinski definition) is 2. The Hall–Kier alpha value is -2.31. The number of amides is 1. The highest BCUT2D eigenvalue weighted by atomic mass is 19.1. The fraction of sp³-hybridized carbons (Fsp3) is 0.333. The summed E-state index contributed by atoms with van der Waals surface area (Å²) in [6, 6.07) is 9.60. The van der Waals surface area contributed by atoms with Crippen LogP contribution in [-0.2, 0) is 11.3 Å². The van der Waals surface area contributed by atoms with Crippen molar-refractivity contribution in [2.45, 2.75) is 19.5 Å². The van der Waals surface area contributed by atoms with Gasteiger partial charge in [-0.25, -0.2) is 4.39 Å². The molecule has 6 heteroatoms. The summed E-state index contributed by atoms with van der Waals surface area (Å²) in [4.78, 5) is 18.1. The van der Waals surface area contributed by atoms with Crippen molar-refractivity contribution in [3.05, 3.63) is 65.7 Å². The lowest BCUT2D eigenvalue weighted by molar-refractivity contribution is -0.123. The summed E-state index contributed by atoms with van der Waals surface area (Å²) in [5.41, 5.74) is 1.82. The molecule has 1 aromatic carbocycles. The Morgan fingerprint density at radius 1 is 1.33 bits per heavy atom. The Kier molecular flexibility index (Phi) is 6.84. The number of carbonyl (C=O) groups excluding carboxylic acids is 1. The van der Waals surface area contributed by atoms with E-state index in [1.807, 2.05) is 24.0 Å². The van der Waals surface area contributed by atoms with Crippen LogP contribution in [0.4, 0.5) is 4.39 Å². The molecule has 2 rings (SSSR count). The van der Waals surface area contributed by atoms with Gasteiger partial charge in [-0.2, -0.15) is 0 Å². The first-order chi connectivity index (χ1) is 11.6. The molecule has 1 aromatic heterocycles. The van der Waals surface area contributed by atoms with Gasteiger partial charge in [0.25, 0.3) is 0 Å². The summed E-state index contributed by atoms with van der Waals surface area (Å²) >= 11 is 0. The molecule has 0 aliphatic rings. The Morgan fingerprint density at radius 2 is 2.08 bits per heavy atom. The number of aromatic nitrogens is 1. The molecule has 1 amide bonds. The SMILES string of the molecule is CC(NC(=O)CN(CCO)Cc1cccnc1)c1ccc(F)cc1. The van der Waals surface area contributed by atoms with E-state index in [1.165, 1.54) is 12.1 Å². The van der Waals surface area contributed by atoms with E-state index in [9.17, 15) is 14.3 Å². The summed E-state index contributed by atoms with van der Waals surface area (Å²) in [5, 5.41) is 12.1. The molecule has 1 unspecified atom stereocenters. The zero-order valence-electron chi connectivity index (χ0n) is 13.7. The number of hydrogen-bond acceptors (Lipinski definition) is 4. The lowest BCUT2D eigenvalue weighted by Gasteiger charge is -2.22. The fourth-order valence-corrected chi connectivity index (χ4v) is 2.43. The van der Waals surface area contributed by atoms with E-state index in [2.05, 4.69) is 10.3 Å². The summed E-state index contributed by atoms with van der Waals surface area (Å²) in [7, 11) is 0. The van der Waals surface area contributed by atoms with E-state index in [4.69, 9.17) is 0 Å². The van der Waals surface area contributed by atoms with Gasteiger partial charge in [0.1, 0.15) is 5.82 Å². The van der Waals surface area contributed by atoms with Crippen molar-refractivity contribution in [2.24, 2.45) is 0 Å². The summed E-state index contributed by atoms with van der Waals surface area (Å²) < 4.78 is 13.0. The van der Waals surface area contributed by atoms with Gasteiger partial charge in [-0.3, -0.25) is 14.7 Å². The predicted molar refractivity (Wildman–Crippen MR) is 89.6 cm³/mol. The normalized spacial score (nSPS) is 12.2. The minimum atomic E-state index is -0.303. The van der Waals surface area contributed by atoms with Crippen LogP contribution in [0.1, 0.15) is 24.1 Å². The van der Waals surface area contributed by atoms with Crippen molar-refractivity contribution in [2.75, 3.05) is 19.7 Å². The first kappa shape index (κ1) is 18.0. The molecule has 0 saturated heterocycles. The van der Waals surface area contributed by atoms with Gasteiger partial charge in [0.2, 0.25) is 5.91 Å². The molecule has 1 heterocycles. The van der Waals surface area contributed by atoms with Gasteiger partial charge in [-0.15, -0.1) is 0 Å². The van der Waals surface area contributed by atoms with E-state index in [1.54, 1.807) is 24.5 Å². The van der Waals surface area contributed by atoms with Gasteiger partial charge in [0.15, 0.2) is 0 Å². The number of nitrogens with one attached hydrogen (secondary N) is 1. The molecular formula is C18H22FN3O2. The third-order valence-electron chi connectivity index (χ3n) is 3.66. The van der Waals surface area contributed by atoms with Crippen LogP contribution >= 0.6 is 0 Å². The number of aliphatic hydroxyl groups excluding tert-OH is 1. The third kappa shape index (κ3) is 5.72. The van der Waals surface area contributed by atoms with Crippen molar-refractivity contribution >= 4 is 5.91 Å². The van der Waals surface area contributed by atoms with Crippen molar-refractivity contribution in [3.63, 3.8) is 0 Å². The van der Waals surface area contributed by atoms with Crippen molar-refractivity contribution in [1.82, 2.24) is 15.2 Å². The number of pyridine rings is 1. The first-order valence-electron chi connectivity index (χ1n) is 7.85. The van der Waals surface area contributed by atoms with Crippen LogP contribution in [-0.4, -0.2) is 40.6 Å². The maximum Gasteiger partial charge on any atom is 0.234 e. The van der Waals surface area contributed by atoms with E-state index < -0.39 is 0 Å². The molecule has 0 aliphatic heterocycles. The van der Waals surface area contributed by atoms with Crippen LogP contribution in [0.5, 0.6) is 0 Å². The van der Waals surface area contributed by atoms with Crippen LogP contribution in [0, 0.1) is 5.82 Å². The molecule has 0 fully saturated rings. The molecule has 5 nitrogen and oxygen atoms in total. The standard InChI is InChI=1S/C18H22FN3O2/c1-14(16-4-6-17(19)7-5-16)21-18(24)13-22(9-10-23)12-15-3-2-8-20-11-15/h2-8,11,14,23H,9-10,12-13H2,1H3,(H,21,24). The Bertz CT molecular complexity index is 634. The fourth-order valence-electron chi connectivity index (χ4n) is 2.43.